The van der Waals surface area contributed by atoms with Crippen molar-refractivity contribution < 1.29 is 13.6 Å². The molecular weight excluding hydrogens is 308 g/mol. The van der Waals surface area contributed by atoms with Crippen molar-refractivity contribution in [2.75, 3.05) is 11.4 Å². The summed E-state index contributed by atoms with van der Waals surface area (Å²) < 4.78 is 27.5. The average Bonchev–Trinajstić information content (AvgIpc) is 2.99. The number of nitrogens with zero attached hydrogens (tertiary/aromatic N) is 1. The van der Waals surface area contributed by atoms with Crippen molar-refractivity contribution in [3.63, 3.8) is 0 Å². The normalized spacial score (nSPS) is 17.3. The van der Waals surface area contributed by atoms with Crippen molar-refractivity contribution in [2.45, 2.75) is 38.6 Å². The van der Waals surface area contributed by atoms with Crippen molar-refractivity contribution in [3.05, 3.63) is 65.2 Å². The summed E-state index contributed by atoms with van der Waals surface area (Å²) >= 11 is 0. The molecule has 0 saturated carbocycles. The van der Waals surface area contributed by atoms with Gasteiger partial charge in [0.25, 0.3) is 0 Å². The first-order valence-electron chi connectivity index (χ1n) is 8.32. The smallest absolute Gasteiger partial charge is 0.131 e. The van der Waals surface area contributed by atoms with Gasteiger partial charge in [-0.15, -0.1) is 0 Å². The molecule has 1 unspecified atom stereocenters. The molecule has 2 aromatic carbocycles. The second kappa shape index (κ2) is 7.12. The van der Waals surface area contributed by atoms with Crippen molar-refractivity contribution in [1.82, 2.24) is 0 Å². The summed E-state index contributed by atoms with van der Waals surface area (Å²) in [6.07, 6.45) is 2.92. The van der Waals surface area contributed by atoms with Gasteiger partial charge in [0.2, 0.25) is 0 Å². The lowest BCUT2D eigenvalue weighted by Gasteiger charge is -2.26. The fraction of sp³-hybridized carbons (Fsp3) is 0.350. The van der Waals surface area contributed by atoms with Gasteiger partial charge in [-0.05, 0) is 49.6 Å². The molecule has 4 heteroatoms. The Bertz CT molecular complexity index is 707. The van der Waals surface area contributed by atoms with Gasteiger partial charge in [-0.1, -0.05) is 18.2 Å². The molecule has 0 aromatic heterocycles. The topological polar surface area (TPSA) is 20.3 Å². The Morgan fingerprint density at radius 2 is 1.79 bits per heavy atom. The molecule has 0 radical (unpaired) electrons. The lowest BCUT2D eigenvalue weighted by Crippen LogP contribution is -2.30. The number of halogens is 2. The molecule has 0 N–H and O–H groups in total. The molecule has 1 saturated heterocycles. The highest BCUT2D eigenvalue weighted by Crippen LogP contribution is 2.28. The lowest BCUT2D eigenvalue weighted by molar-refractivity contribution is -0.117. The maximum atomic E-state index is 13.8. The Labute approximate surface area is 141 Å². The number of Topliss-reactive ketones (excluding diaryl/α,β-unsaturated/α-hetero) is 1. The van der Waals surface area contributed by atoms with Gasteiger partial charge in [0, 0.05) is 36.7 Å². The average molecular weight is 329 g/mol. The van der Waals surface area contributed by atoms with Crippen LogP contribution in [0.2, 0.25) is 0 Å². The van der Waals surface area contributed by atoms with E-state index in [2.05, 4.69) is 4.90 Å². The Balaban J connectivity index is 1.75. The summed E-state index contributed by atoms with van der Waals surface area (Å²) in [6.45, 7) is 2.57. The third-order valence-corrected chi connectivity index (χ3v) is 4.61. The van der Waals surface area contributed by atoms with Gasteiger partial charge >= 0.3 is 0 Å². The monoisotopic (exact) mass is 329 g/mol. The molecule has 0 aliphatic carbocycles. The van der Waals surface area contributed by atoms with Gasteiger partial charge in [-0.3, -0.25) is 4.79 Å². The first-order chi connectivity index (χ1) is 11.5. The molecule has 1 aliphatic rings. The van der Waals surface area contributed by atoms with Crippen LogP contribution in [0, 0.1) is 11.6 Å². The minimum Gasteiger partial charge on any atom is -0.368 e. The van der Waals surface area contributed by atoms with E-state index in [1.807, 2.05) is 24.3 Å². The SMILES string of the molecule is CC(=O)CC1CCCN1c1ccc(Cc2c(F)cccc2F)cc1. The first kappa shape index (κ1) is 16.6. The number of anilines is 1. The van der Waals surface area contributed by atoms with Crippen molar-refractivity contribution in [1.29, 1.82) is 0 Å². The third-order valence-electron chi connectivity index (χ3n) is 4.61. The van der Waals surface area contributed by atoms with Crippen LogP contribution in [0.15, 0.2) is 42.5 Å². The molecule has 1 atom stereocenters. The highest BCUT2D eigenvalue weighted by molar-refractivity contribution is 5.77. The molecule has 0 spiro atoms. The second-order valence-corrected chi connectivity index (χ2v) is 6.44. The van der Waals surface area contributed by atoms with Crippen LogP contribution in [-0.4, -0.2) is 18.4 Å². The zero-order valence-corrected chi connectivity index (χ0v) is 13.8. The van der Waals surface area contributed by atoms with Gasteiger partial charge in [0.05, 0.1) is 0 Å². The Morgan fingerprint density at radius 3 is 2.42 bits per heavy atom. The van der Waals surface area contributed by atoms with E-state index in [9.17, 15) is 13.6 Å². The number of hydrogen-bond acceptors (Lipinski definition) is 2. The molecular formula is C20H21F2NO. The fourth-order valence-electron chi connectivity index (χ4n) is 3.43. The van der Waals surface area contributed by atoms with Crippen LogP contribution < -0.4 is 4.90 Å². The minimum absolute atomic E-state index is 0.0980. The van der Waals surface area contributed by atoms with E-state index in [0.29, 0.717) is 6.42 Å². The van der Waals surface area contributed by atoms with Crippen LogP contribution in [0.1, 0.15) is 37.3 Å². The highest BCUT2D eigenvalue weighted by atomic mass is 19.1. The van der Waals surface area contributed by atoms with Crippen molar-refractivity contribution >= 4 is 11.5 Å². The molecule has 1 fully saturated rings. The maximum absolute atomic E-state index is 13.8. The summed E-state index contributed by atoms with van der Waals surface area (Å²) in [5, 5.41) is 0. The van der Waals surface area contributed by atoms with Gasteiger partial charge < -0.3 is 4.90 Å². The van der Waals surface area contributed by atoms with Gasteiger partial charge in [0.1, 0.15) is 17.4 Å². The van der Waals surface area contributed by atoms with E-state index in [4.69, 9.17) is 0 Å². The Kier molecular flexibility index (Phi) is 4.93. The van der Waals surface area contributed by atoms with E-state index >= 15 is 0 Å². The summed E-state index contributed by atoms with van der Waals surface area (Å²) in [6, 6.07) is 12.0. The van der Waals surface area contributed by atoms with Crippen LogP contribution in [0.4, 0.5) is 14.5 Å². The van der Waals surface area contributed by atoms with Gasteiger partial charge in [-0.25, -0.2) is 8.78 Å². The Hall–Kier alpha value is -2.23. The molecule has 126 valence electrons. The number of ketones is 1. The zero-order valence-electron chi connectivity index (χ0n) is 13.8. The largest absolute Gasteiger partial charge is 0.368 e. The molecule has 24 heavy (non-hydrogen) atoms. The number of carbonyl (C=O) groups excluding carboxylic acids is 1. The molecule has 3 rings (SSSR count). The molecule has 2 nitrogen and oxygen atoms in total. The standard InChI is InChI=1S/C20H21F2NO/c1-14(24)12-17-4-3-11-23(17)16-9-7-15(8-10-16)13-18-19(21)5-2-6-20(18)22/h2,5-10,17H,3-4,11-13H2,1H3. The summed E-state index contributed by atoms with van der Waals surface area (Å²) in [4.78, 5) is 13.7. The summed E-state index contributed by atoms with van der Waals surface area (Å²) in [5.74, 6) is -0.821. The number of hydrogen-bond donors (Lipinski definition) is 0. The van der Waals surface area contributed by atoms with Gasteiger partial charge in [-0.2, -0.15) is 0 Å². The van der Waals surface area contributed by atoms with Crippen LogP contribution in [0.25, 0.3) is 0 Å². The van der Waals surface area contributed by atoms with E-state index in [1.54, 1.807) is 6.92 Å². The zero-order chi connectivity index (χ0) is 17.1. The van der Waals surface area contributed by atoms with Crippen LogP contribution in [0.3, 0.4) is 0 Å². The van der Waals surface area contributed by atoms with E-state index in [-0.39, 0.29) is 23.8 Å². The summed E-state index contributed by atoms with van der Waals surface area (Å²) in [5.41, 5.74) is 2.03. The van der Waals surface area contributed by atoms with E-state index < -0.39 is 11.6 Å². The molecule has 0 amide bonds. The summed E-state index contributed by atoms with van der Waals surface area (Å²) in [7, 11) is 0. The molecule has 1 aliphatic heterocycles. The highest BCUT2D eigenvalue weighted by Gasteiger charge is 2.25. The fourth-order valence-corrected chi connectivity index (χ4v) is 3.43. The van der Waals surface area contributed by atoms with Crippen LogP contribution in [0.5, 0.6) is 0 Å². The second-order valence-electron chi connectivity index (χ2n) is 6.44. The predicted molar refractivity (Wildman–Crippen MR) is 91.3 cm³/mol. The minimum atomic E-state index is -0.514. The molecule has 0 bridgehead atoms. The van der Waals surface area contributed by atoms with Crippen LogP contribution >= 0.6 is 0 Å². The molecule has 1 heterocycles. The molecule has 2 aromatic rings. The Morgan fingerprint density at radius 1 is 1.12 bits per heavy atom. The first-order valence-corrected chi connectivity index (χ1v) is 8.32. The van der Waals surface area contributed by atoms with Crippen LogP contribution in [-0.2, 0) is 11.2 Å². The predicted octanol–water partition coefficient (Wildman–Crippen LogP) is 4.50. The number of carbonyl (C=O) groups is 1. The number of benzene rings is 2. The number of rotatable bonds is 5. The van der Waals surface area contributed by atoms with E-state index in [0.717, 1.165) is 30.6 Å². The third kappa shape index (κ3) is 3.64. The van der Waals surface area contributed by atoms with Crippen molar-refractivity contribution in [3.8, 4) is 0 Å². The maximum Gasteiger partial charge on any atom is 0.131 e. The quantitative estimate of drug-likeness (QED) is 0.805. The van der Waals surface area contributed by atoms with Gasteiger partial charge in [0.15, 0.2) is 0 Å². The van der Waals surface area contributed by atoms with E-state index in [1.165, 1.54) is 18.2 Å². The van der Waals surface area contributed by atoms with Crippen molar-refractivity contribution in [2.24, 2.45) is 0 Å². The lowest BCUT2D eigenvalue weighted by atomic mass is 10.0.